The summed E-state index contributed by atoms with van der Waals surface area (Å²) in [7, 11) is -3.50. The summed E-state index contributed by atoms with van der Waals surface area (Å²) in [5.74, 6) is 1.47. The lowest BCUT2D eigenvalue weighted by molar-refractivity contribution is 0.260. The van der Waals surface area contributed by atoms with Gasteiger partial charge in [0.2, 0.25) is 10.0 Å². The molecule has 0 saturated carbocycles. The number of benzene rings is 2. The molecule has 0 amide bonds. The van der Waals surface area contributed by atoms with Crippen LogP contribution < -0.4 is 10.5 Å². The minimum atomic E-state index is -3.50. The molecule has 34 heavy (non-hydrogen) atoms. The lowest BCUT2D eigenvalue weighted by Crippen LogP contribution is -2.40. The second-order valence-corrected chi connectivity index (χ2v) is 10.1. The SMILES string of the molecule is C=CS(=O)(=O)N1CCCC(n2nc(-c3ccc(Oc4ccccc4)cc3)c3c(N)ccnc32)C1. The van der Waals surface area contributed by atoms with Crippen molar-refractivity contribution >= 4 is 26.7 Å². The lowest BCUT2D eigenvalue weighted by atomic mass is 10.1. The van der Waals surface area contributed by atoms with E-state index in [2.05, 4.69) is 11.6 Å². The molecular formula is C25H25N5O3S. The third-order valence-electron chi connectivity index (χ3n) is 6.01. The fourth-order valence-corrected chi connectivity index (χ4v) is 5.28. The molecule has 0 radical (unpaired) electrons. The molecule has 174 valence electrons. The Morgan fingerprint density at radius 1 is 1.06 bits per heavy atom. The number of rotatable bonds is 6. The molecule has 9 heteroatoms. The Labute approximate surface area is 198 Å². The molecule has 8 nitrogen and oxygen atoms in total. The summed E-state index contributed by atoms with van der Waals surface area (Å²) in [5.41, 5.74) is 9.14. The van der Waals surface area contributed by atoms with Crippen LogP contribution in [0.25, 0.3) is 22.3 Å². The van der Waals surface area contributed by atoms with Gasteiger partial charge in [0.1, 0.15) is 17.2 Å². The van der Waals surface area contributed by atoms with E-state index in [1.807, 2.05) is 59.3 Å². The molecule has 2 N–H and O–H groups in total. The van der Waals surface area contributed by atoms with E-state index in [0.717, 1.165) is 34.9 Å². The minimum absolute atomic E-state index is 0.158. The molecule has 1 aliphatic heterocycles. The minimum Gasteiger partial charge on any atom is -0.457 e. The van der Waals surface area contributed by atoms with E-state index in [1.54, 1.807) is 12.3 Å². The maximum absolute atomic E-state index is 12.4. The number of para-hydroxylation sites is 1. The van der Waals surface area contributed by atoms with Gasteiger partial charge in [-0.15, -0.1) is 0 Å². The van der Waals surface area contributed by atoms with E-state index in [0.29, 0.717) is 35.9 Å². The fourth-order valence-electron chi connectivity index (χ4n) is 4.31. The molecule has 2 aromatic heterocycles. The Hall–Kier alpha value is -3.69. The van der Waals surface area contributed by atoms with Crippen LogP contribution in [0.3, 0.4) is 0 Å². The first-order chi connectivity index (χ1) is 16.5. The maximum Gasteiger partial charge on any atom is 0.235 e. The van der Waals surface area contributed by atoms with Crippen molar-refractivity contribution in [1.29, 1.82) is 0 Å². The highest BCUT2D eigenvalue weighted by atomic mass is 32.2. The number of aromatic nitrogens is 3. The molecule has 0 spiro atoms. The molecule has 1 atom stereocenters. The second-order valence-electron chi connectivity index (χ2n) is 8.20. The van der Waals surface area contributed by atoms with E-state index < -0.39 is 10.0 Å². The van der Waals surface area contributed by atoms with Crippen LogP contribution in [0.4, 0.5) is 5.69 Å². The molecule has 2 aromatic carbocycles. The summed E-state index contributed by atoms with van der Waals surface area (Å²) in [6, 6.07) is 18.8. The molecular weight excluding hydrogens is 450 g/mol. The summed E-state index contributed by atoms with van der Waals surface area (Å²) >= 11 is 0. The highest BCUT2D eigenvalue weighted by Gasteiger charge is 2.30. The Kier molecular flexibility index (Phi) is 5.80. The lowest BCUT2D eigenvalue weighted by Gasteiger charge is -2.31. The topological polar surface area (TPSA) is 103 Å². The van der Waals surface area contributed by atoms with Gasteiger partial charge in [0.15, 0.2) is 5.65 Å². The van der Waals surface area contributed by atoms with Crippen molar-refractivity contribution in [1.82, 2.24) is 19.1 Å². The van der Waals surface area contributed by atoms with E-state index in [-0.39, 0.29) is 6.04 Å². The first-order valence-corrected chi connectivity index (χ1v) is 12.6. The third-order valence-corrected chi connectivity index (χ3v) is 7.48. The third kappa shape index (κ3) is 4.15. The highest BCUT2D eigenvalue weighted by Crippen LogP contribution is 2.35. The van der Waals surface area contributed by atoms with E-state index >= 15 is 0 Å². The first kappa shape index (κ1) is 22.1. The number of pyridine rings is 1. The first-order valence-electron chi connectivity index (χ1n) is 11.0. The van der Waals surface area contributed by atoms with Crippen molar-refractivity contribution in [3.63, 3.8) is 0 Å². The average molecular weight is 476 g/mol. The van der Waals surface area contributed by atoms with Gasteiger partial charge in [-0.05, 0) is 55.3 Å². The van der Waals surface area contributed by atoms with E-state index in [1.165, 1.54) is 4.31 Å². The summed E-state index contributed by atoms with van der Waals surface area (Å²) in [5, 5.41) is 6.64. The van der Waals surface area contributed by atoms with Crippen LogP contribution in [0.5, 0.6) is 11.5 Å². The van der Waals surface area contributed by atoms with Crippen molar-refractivity contribution in [2.45, 2.75) is 18.9 Å². The van der Waals surface area contributed by atoms with Crippen LogP contribution in [0.2, 0.25) is 0 Å². The van der Waals surface area contributed by atoms with E-state index in [9.17, 15) is 8.42 Å². The number of hydrogen-bond acceptors (Lipinski definition) is 6. The van der Waals surface area contributed by atoms with Crippen molar-refractivity contribution < 1.29 is 13.2 Å². The molecule has 0 aliphatic carbocycles. The maximum atomic E-state index is 12.4. The molecule has 1 fully saturated rings. The van der Waals surface area contributed by atoms with Gasteiger partial charge < -0.3 is 10.5 Å². The van der Waals surface area contributed by atoms with Crippen LogP contribution in [0.15, 0.2) is 78.8 Å². The Bertz CT molecular complexity index is 1430. The average Bonchev–Trinajstić information content (AvgIpc) is 3.26. The normalized spacial score (nSPS) is 17.0. The Morgan fingerprint density at radius 2 is 1.79 bits per heavy atom. The molecule has 0 bridgehead atoms. The van der Waals surface area contributed by atoms with Crippen LogP contribution in [0, 0.1) is 0 Å². The number of hydrogen-bond donors (Lipinski definition) is 1. The standard InChI is InChI=1S/C25H25N5O3S/c1-2-34(31,32)29-16-6-7-19(17-29)30-25-23(22(26)14-15-27-25)24(28-30)18-10-12-21(13-11-18)33-20-8-4-3-5-9-20/h2-5,8-15,19H,1,6-7,16-17H2,(H2,26,27). The molecule has 1 saturated heterocycles. The van der Waals surface area contributed by atoms with Crippen molar-refractivity contribution in [2.75, 3.05) is 18.8 Å². The van der Waals surface area contributed by atoms with Gasteiger partial charge in [0, 0.05) is 35.9 Å². The summed E-state index contributed by atoms with van der Waals surface area (Å²) in [6.45, 7) is 4.23. The fraction of sp³-hybridized carbons (Fsp3) is 0.200. The molecule has 1 unspecified atom stereocenters. The van der Waals surface area contributed by atoms with Gasteiger partial charge in [-0.25, -0.2) is 18.1 Å². The largest absolute Gasteiger partial charge is 0.457 e. The number of fused-ring (bicyclic) bond motifs is 1. The van der Waals surface area contributed by atoms with Crippen molar-refractivity contribution in [2.24, 2.45) is 0 Å². The van der Waals surface area contributed by atoms with Gasteiger partial charge in [-0.2, -0.15) is 9.40 Å². The van der Waals surface area contributed by atoms with Gasteiger partial charge in [0.05, 0.1) is 11.4 Å². The van der Waals surface area contributed by atoms with Crippen molar-refractivity contribution in [3.05, 3.63) is 78.8 Å². The number of sulfonamides is 1. The molecule has 1 aliphatic rings. The smallest absolute Gasteiger partial charge is 0.235 e. The molecule has 4 aromatic rings. The number of ether oxygens (including phenoxy) is 1. The van der Waals surface area contributed by atoms with Crippen molar-refractivity contribution in [3.8, 4) is 22.8 Å². The highest BCUT2D eigenvalue weighted by molar-refractivity contribution is 7.92. The quantitative estimate of drug-likeness (QED) is 0.438. The van der Waals surface area contributed by atoms with Crippen LogP contribution in [0.1, 0.15) is 18.9 Å². The van der Waals surface area contributed by atoms with Crippen LogP contribution >= 0.6 is 0 Å². The number of anilines is 1. The molecule has 5 rings (SSSR count). The second kappa shape index (κ2) is 8.92. The predicted molar refractivity (Wildman–Crippen MR) is 133 cm³/mol. The number of nitrogen functional groups attached to an aromatic ring is 1. The number of nitrogens with two attached hydrogens (primary N) is 1. The summed E-state index contributed by atoms with van der Waals surface area (Å²) < 4.78 is 33.9. The number of piperidine rings is 1. The van der Waals surface area contributed by atoms with Gasteiger partial charge >= 0.3 is 0 Å². The summed E-state index contributed by atoms with van der Waals surface area (Å²) in [6.07, 6.45) is 3.17. The van der Waals surface area contributed by atoms with E-state index in [4.69, 9.17) is 15.6 Å². The Morgan fingerprint density at radius 3 is 2.53 bits per heavy atom. The van der Waals surface area contributed by atoms with Gasteiger partial charge in [0.25, 0.3) is 0 Å². The zero-order chi connectivity index (χ0) is 23.7. The van der Waals surface area contributed by atoms with Crippen LogP contribution in [-0.2, 0) is 10.0 Å². The number of nitrogens with zero attached hydrogens (tertiary/aromatic N) is 4. The zero-order valence-corrected chi connectivity index (χ0v) is 19.4. The monoisotopic (exact) mass is 475 g/mol. The van der Waals surface area contributed by atoms with Gasteiger partial charge in [-0.3, -0.25) is 0 Å². The van der Waals surface area contributed by atoms with Gasteiger partial charge in [-0.1, -0.05) is 24.8 Å². The molecule has 3 heterocycles. The predicted octanol–water partition coefficient (Wildman–Crippen LogP) is 4.58. The Balaban J connectivity index is 1.51. The van der Waals surface area contributed by atoms with Crippen LogP contribution in [-0.4, -0.2) is 40.6 Å². The summed E-state index contributed by atoms with van der Waals surface area (Å²) in [4.78, 5) is 4.55. The zero-order valence-electron chi connectivity index (χ0n) is 18.5.